The highest BCUT2D eigenvalue weighted by Gasteiger charge is 2.55. The van der Waals surface area contributed by atoms with Crippen LogP contribution in [0.1, 0.15) is 18.4 Å². The first-order valence-electron chi connectivity index (χ1n) is 6.96. The number of nitrogens with one attached hydrogen (secondary N) is 1. The fourth-order valence-electron chi connectivity index (χ4n) is 3.23. The summed E-state index contributed by atoms with van der Waals surface area (Å²) in [4.78, 5) is 23.6. The molecular formula is C15H16FNO4. The molecule has 0 spiro atoms. The van der Waals surface area contributed by atoms with Crippen molar-refractivity contribution < 1.29 is 23.8 Å². The summed E-state index contributed by atoms with van der Waals surface area (Å²) >= 11 is 0. The van der Waals surface area contributed by atoms with Gasteiger partial charge in [0, 0.05) is 6.54 Å². The number of carboxylic acid groups (broad SMARTS) is 1. The summed E-state index contributed by atoms with van der Waals surface area (Å²) in [6, 6.07) is 5.81. The summed E-state index contributed by atoms with van der Waals surface area (Å²) in [6.45, 7) is 0.249. The quantitative estimate of drug-likeness (QED) is 0.878. The predicted molar refractivity (Wildman–Crippen MR) is 70.8 cm³/mol. The number of fused-ring (bicyclic) bond motifs is 2. The van der Waals surface area contributed by atoms with Crippen LogP contribution in [0.3, 0.4) is 0 Å². The molecule has 112 valence electrons. The number of amides is 1. The van der Waals surface area contributed by atoms with Gasteiger partial charge in [-0.2, -0.15) is 0 Å². The van der Waals surface area contributed by atoms with Crippen LogP contribution < -0.4 is 5.32 Å². The molecule has 0 aliphatic carbocycles. The van der Waals surface area contributed by atoms with Crippen LogP contribution in [0.15, 0.2) is 24.3 Å². The van der Waals surface area contributed by atoms with Gasteiger partial charge in [-0.3, -0.25) is 9.59 Å². The van der Waals surface area contributed by atoms with Gasteiger partial charge in [-0.25, -0.2) is 4.39 Å². The number of aliphatic carboxylic acids is 1. The Morgan fingerprint density at radius 3 is 2.43 bits per heavy atom. The number of benzene rings is 1. The molecule has 2 fully saturated rings. The molecule has 5 nitrogen and oxygen atoms in total. The van der Waals surface area contributed by atoms with Crippen molar-refractivity contribution >= 4 is 11.9 Å². The van der Waals surface area contributed by atoms with Crippen LogP contribution in [0.5, 0.6) is 0 Å². The Labute approximate surface area is 121 Å². The van der Waals surface area contributed by atoms with Crippen molar-refractivity contribution in [2.75, 3.05) is 0 Å². The molecule has 2 saturated heterocycles. The van der Waals surface area contributed by atoms with E-state index in [0.717, 1.165) is 12.0 Å². The van der Waals surface area contributed by atoms with Crippen molar-refractivity contribution in [1.82, 2.24) is 5.32 Å². The molecule has 0 radical (unpaired) electrons. The summed E-state index contributed by atoms with van der Waals surface area (Å²) in [7, 11) is 0. The molecular weight excluding hydrogens is 277 g/mol. The number of carbonyl (C=O) groups is 2. The largest absolute Gasteiger partial charge is 0.481 e. The average Bonchev–Trinajstić information content (AvgIpc) is 3.06. The minimum absolute atomic E-state index is 0.249. The second-order valence-electron chi connectivity index (χ2n) is 5.52. The first-order chi connectivity index (χ1) is 10.1. The van der Waals surface area contributed by atoms with Crippen LogP contribution in [0.25, 0.3) is 0 Å². The second-order valence-corrected chi connectivity index (χ2v) is 5.52. The number of rotatable bonds is 4. The van der Waals surface area contributed by atoms with Gasteiger partial charge in [0.1, 0.15) is 5.82 Å². The van der Waals surface area contributed by atoms with Crippen LogP contribution >= 0.6 is 0 Å². The van der Waals surface area contributed by atoms with Crippen LogP contribution in [-0.4, -0.2) is 29.2 Å². The summed E-state index contributed by atoms with van der Waals surface area (Å²) in [6.07, 6.45) is 0.769. The number of ether oxygens (including phenoxy) is 1. The van der Waals surface area contributed by atoms with E-state index in [1.54, 1.807) is 12.1 Å². The molecule has 4 atom stereocenters. The van der Waals surface area contributed by atoms with Crippen molar-refractivity contribution in [3.63, 3.8) is 0 Å². The van der Waals surface area contributed by atoms with Gasteiger partial charge in [0.25, 0.3) is 0 Å². The molecule has 21 heavy (non-hydrogen) atoms. The number of carbonyl (C=O) groups excluding carboxylic acids is 1. The van der Waals surface area contributed by atoms with Gasteiger partial charge in [-0.1, -0.05) is 12.1 Å². The van der Waals surface area contributed by atoms with Crippen molar-refractivity contribution in [2.24, 2.45) is 11.8 Å². The molecule has 2 aliphatic rings. The van der Waals surface area contributed by atoms with Gasteiger partial charge in [0.2, 0.25) is 5.91 Å². The summed E-state index contributed by atoms with van der Waals surface area (Å²) in [5.41, 5.74) is 0.765. The highest BCUT2D eigenvalue weighted by molar-refractivity contribution is 5.86. The third-order valence-corrected chi connectivity index (χ3v) is 4.24. The molecule has 1 aromatic rings. The van der Waals surface area contributed by atoms with Crippen LogP contribution in [0.4, 0.5) is 4.39 Å². The molecule has 2 bridgehead atoms. The van der Waals surface area contributed by atoms with Crippen molar-refractivity contribution in [1.29, 1.82) is 0 Å². The van der Waals surface area contributed by atoms with E-state index < -0.39 is 17.8 Å². The van der Waals surface area contributed by atoms with Gasteiger partial charge < -0.3 is 15.2 Å². The Kier molecular flexibility index (Phi) is 3.63. The number of hydrogen-bond acceptors (Lipinski definition) is 3. The maximum absolute atomic E-state index is 12.8. The second kappa shape index (κ2) is 5.44. The fraction of sp³-hybridized carbons (Fsp3) is 0.467. The minimum Gasteiger partial charge on any atom is -0.481 e. The predicted octanol–water partition coefficient (Wildman–Crippen LogP) is 1.32. The van der Waals surface area contributed by atoms with Crippen molar-refractivity contribution in [3.05, 3.63) is 35.6 Å². The first-order valence-corrected chi connectivity index (χ1v) is 6.96. The monoisotopic (exact) mass is 293 g/mol. The third-order valence-electron chi connectivity index (χ3n) is 4.24. The Balaban J connectivity index is 1.64. The molecule has 2 heterocycles. The Morgan fingerprint density at radius 1 is 1.19 bits per heavy atom. The zero-order chi connectivity index (χ0) is 15.0. The zero-order valence-electron chi connectivity index (χ0n) is 11.3. The van der Waals surface area contributed by atoms with Crippen LogP contribution in [0.2, 0.25) is 0 Å². The Morgan fingerprint density at radius 2 is 1.81 bits per heavy atom. The molecule has 3 rings (SSSR count). The minimum atomic E-state index is -0.982. The van der Waals surface area contributed by atoms with Gasteiger partial charge in [-0.05, 0) is 30.5 Å². The Bertz CT molecular complexity index is 559. The van der Waals surface area contributed by atoms with Gasteiger partial charge in [-0.15, -0.1) is 0 Å². The zero-order valence-corrected chi connectivity index (χ0v) is 11.3. The number of halogens is 1. The lowest BCUT2D eigenvalue weighted by Crippen LogP contribution is -2.43. The van der Waals surface area contributed by atoms with Crippen LogP contribution in [-0.2, 0) is 20.9 Å². The van der Waals surface area contributed by atoms with Crippen LogP contribution in [0, 0.1) is 17.7 Å². The smallest absolute Gasteiger partial charge is 0.310 e. The number of carboxylic acids is 1. The summed E-state index contributed by atoms with van der Waals surface area (Å²) < 4.78 is 18.4. The van der Waals surface area contributed by atoms with Crippen molar-refractivity contribution in [2.45, 2.75) is 31.6 Å². The molecule has 1 aromatic carbocycles. The summed E-state index contributed by atoms with van der Waals surface area (Å²) in [5, 5.41) is 12.0. The van der Waals surface area contributed by atoms with E-state index in [4.69, 9.17) is 4.74 Å². The highest BCUT2D eigenvalue weighted by atomic mass is 19.1. The SMILES string of the molecule is O=C(O)[C@@H]1[C@H](C(=O)NCc2ccc(F)cc2)[C@H]2CC[C@H]1O2. The molecule has 2 aliphatic heterocycles. The Hall–Kier alpha value is -1.95. The number of hydrogen-bond donors (Lipinski definition) is 2. The molecule has 0 aromatic heterocycles. The van der Waals surface area contributed by atoms with E-state index in [0.29, 0.717) is 6.42 Å². The normalized spacial score (nSPS) is 30.3. The van der Waals surface area contributed by atoms with Gasteiger partial charge in [0.15, 0.2) is 0 Å². The van der Waals surface area contributed by atoms with Gasteiger partial charge >= 0.3 is 5.97 Å². The lowest BCUT2D eigenvalue weighted by Gasteiger charge is -2.23. The molecule has 2 N–H and O–H groups in total. The maximum atomic E-state index is 12.8. The van der Waals surface area contributed by atoms with E-state index in [-0.39, 0.29) is 30.5 Å². The molecule has 0 unspecified atom stereocenters. The van der Waals surface area contributed by atoms with E-state index in [2.05, 4.69) is 5.32 Å². The van der Waals surface area contributed by atoms with Gasteiger partial charge in [0.05, 0.1) is 24.0 Å². The van der Waals surface area contributed by atoms with E-state index in [1.165, 1.54) is 12.1 Å². The standard InChI is InChI=1S/C15H16FNO4/c16-9-3-1-8(2-4-9)7-17-14(18)12-10-5-6-11(21-10)13(12)15(19)20/h1-4,10-13H,5-7H2,(H,17,18)(H,19,20)/t10-,11-,12-,13+/m1/s1. The topological polar surface area (TPSA) is 75.6 Å². The maximum Gasteiger partial charge on any atom is 0.310 e. The first kappa shape index (κ1) is 14.0. The lowest BCUT2D eigenvalue weighted by molar-refractivity contribution is -0.147. The average molecular weight is 293 g/mol. The fourth-order valence-corrected chi connectivity index (χ4v) is 3.23. The summed E-state index contributed by atoms with van der Waals surface area (Å²) in [5.74, 6) is -3.03. The van der Waals surface area contributed by atoms with Crippen molar-refractivity contribution in [3.8, 4) is 0 Å². The van der Waals surface area contributed by atoms with E-state index in [9.17, 15) is 19.1 Å². The lowest BCUT2D eigenvalue weighted by atomic mass is 9.78. The highest BCUT2D eigenvalue weighted by Crippen LogP contribution is 2.43. The molecule has 6 heteroatoms. The van der Waals surface area contributed by atoms with E-state index >= 15 is 0 Å². The molecule has 0 saturated carbocycles. The van der Waals surface area contributed by atoms with E-state index in [1.807, 2.05) is 0 Å². The third kappa shape index (κ3) is 2.63. The molecule has 1 amide bonds.